The van der Waals surface area contributed by atoms with Gasteiger partial charge >= 0.3 is 0 Å². The van der Waals surface area contributed by atoms with Gasteiger partial charge in [0, 0.05) is 33.7 Å². The summed E-state index contributed by atoms with van der Waals surface area (Å²) in [6.07, 6.45) is 1.68. The Morgan fingerprint density at radius 1 is 1.29 bits per heavy atom. The molecule has 0 unspecified atom stereocenters. The molecule has 0 atom stereocenters. The monoisotopic (exact) mass is 293 g/mol. The van der Waals surface area contributed by atoms with Crippen LogP contribution in [0.1, 0.15) is 11.3 Å². The molecule has 1 N–H and O–H groups in total. The van der Waals surface area contributed by atoms with E-state index in [0.29, 0.717) is 5.56 Å². The summed E-state index contributed by atoms with van der Waals surface area (Å²) in [7, 11) is 0. The van der Waals surface area contributed by atoms with E-state index in [4.69, 9.17) is 5.11 Å². The smallest absolute Gasteiger partial charge is 0.187 e. The number of aromatic nitrogens is 1. The van der Waals surface area contributed by atoms with Crippen molar-refractivity contribution in [2.45, 2.75) is 13.5 Å². The lowest BCUT2D eigenvalue weighted by molar-refractivity contribution is 0.280. The molecule has 0 saturated carbocycles. The first-order chi connectivity index (χ1) is 8.11. The number of rotatable bonds is 2. The van der Waals surface area contributed by atoms with Gasteiger partial charge in [-0.05, 0) is 31.2 Å². The molecule has 0 amide bonds. The zero-order chi connectivity index (χ0) is 12.4. The number of hydrogen-bond acceptors (Lipinski definition) is 2. The standard InChI is InChI=1S/C13H12BrNO2/c1-9-6-13(17)10(8-16)7-15(9)12-4-2-11(14)3-5-12/h2-7,16H,8H2,1H3. The number of nitrogens with zero attached hydrogens (tertiary/aromatic N) is 1. The van der Waals surface area contributed by atoms with E-state index < -0.39 is 0 Å². The van der Waals surface area contributed by atoms with Crippen molar-refractivity contribution >= 4 is 15.9 Å². The lowest BCUT2D eigenvalue weighted by Crippen LogP contribution is -2.13. The first kappa shape index (κ1) is 12.1. The van der Waals surface area contributed by atoms with Crippen molar-refractivity contribution in [3.8, 4) is 5.69 Å². The SMILES string of the molecule is Cc1cc(=O)c(CO)cn1-c1ccc(Br)cc1. The van der Waals surface area contributed by atoms with Gasteiger partial charge in [0.05, 0.1) is 6.61 Å². The average Bonchev–Trinajstić information content (AvgIpc) is 2.31. The molecule has 0 fully saturated rings. The topological polar surface area (TPSA) is 42.2 Å². The molecule has 0 aliphatic carbocycles. The highest BCUT2D eigenvalue weighted by molar-refractivity contribution is 9.10. The van der Waals surface area contributed by atoms with Crippen molar-refractivity contribution in [1.29, 1.82) is 0 Å². The molecule has 3 nitrogen and oxygen atoms in total. The van der Waals surface area contributed by atoms with E-state index in [1.54, 1.807) is 6.20 Å². The summed E-state index contributed by atoms with van der Waals surface area (Å²) in [5.74, 6) is 0. The average molecular weight is 294 g/mol. The number of hydrogen-bond donors (Lipinski definition) is 1. The van der Waals surface area contributed by atoms with Crippen LogP contribution in [0.5, 0.6) is 0 Å². The number of aryl methyl sites for hydroxylation is 1. The van der Waals surface area contributed by atoms with Gasteiger partial charge in [0.1, 0.15) is 0 Å². The molecule has 0 radical (unpaired) electrons. The Balaban J connectivity index is 2.59. The zero-order valence-electron chi connectivity index (χ0n) is 9.35. The summed E-state index contributed by atoms with van der Waals surface area (Å²) in [6.45, 7) is 1.63. The van der Waals surface area contributed by atoms with Crippen LogP contribution in [0.15, 0.2) is 45.8 Å². The van der Waals surface area contributed by atoms with Crippen LogP contribution in [0, 0.1) is 6.92 Å². The van der Waals surface area contributed by atoms with E-state index in [2.05, 4.69) is 15.9 Å². The predicted octanol–water partition coefficient (Wildman–Crippen LogP) is 2.40. The largest absolute Gasteiger partial charge is 0.391 e. The summed E-state index contributed by atoms with van der Waals surface area (Å²) < 4.78 is 2.89. The van der Waals surface area contributed by atoms with Crippen molar-refractivity contribution in [1.82, 2.24) is 4.57 Å². The first-order valence-electron chi connectivity index (χ1n) is 5.21. The number of aliphatic hydroxyl groups is 1. The normalized spacial score (nSPS) is 10.5. The number of halogens is 1. The van der Waals surface area contributed by atoms with E-state index in [0.717, 1.165) is 15.9 Å². The Labute approximate surface area is 107 Å². The highest BCUT2D eigenvalue weighted by atomic mass is 79.9. The highest BCUT2D eigenvalue weighted by Gasteiger charge is 2.04. The van der Waals surface area contributed by atoms with E-state index in [9.17, 15) is 4.79 Å². The molecule has 4 heteroatoms. The van der Waals surface area contributed by atoms with Gasteiger partial charge in [-0.1, -0.05) is 15.9 Å². The first-order valence-corrected chi connectivity index (χ1v) is 6.00. The molecule has 0 saturated heterocycles. The van der Waals surface area contributed by atoms with Crippen molar-refractivity contribution in [2.24, 2.45) is 0 Å². The molecular weight excluding hydrogens is 282 g/mol. The van der Waals surface area contributed by atoms with Crippen molar-refractivity contribution in [2.75, 3.05) is 0 Å². The Bertz CT molecular complexity index is 587. The van der Waals surface area contributed by atoms with E-state index in [1.165, 1.54) is 6.07 Å². The van der Waals surface area contributed by atoms with Gasteiger partial charge in [-0.25, -0.2) is 0 Å². The van der Waals surface area contributed by atoms with Gasteiger partial charge in [-0.2, -0.15) is 0 Å². The predicted molar refractivity (Wildman–Crippen MR) is 70.4 cm³/mol. The van der Waals surface area contributed by atoms with Gasteiger partial charge in [0.25, 0.3) is 0 Å². The van der Waals surface area contributed by atoms with Crippen LogP contribution >= 0.6 is 15.9 Å². The Morgan fingerprint density at radius 3 is 2.53 bits per heavy atom. The minimum Gasteiger partial charge on any atom is -0.391 e. The molecular formula is C13H12BrNO2. The van der Waals surface area contributed by atoms with Gasteiger partial charge in [0.2, 0.25) is 0 Å². The van der Waals surface area contributed by atoms with E-state index in [1.807, 2.05) is 35.8 Å². The molecule has 0 aliphatic heterocycles. The lowest BCUT2D eigenvalue weighted by Gasteiger charge is -2.12. The maximum Gasteiger partial charge on any atom is 0.187 e. The molecule has 2 aromatic rings. The van der Waals surface area contributed by atoms with Gasteiger partial charge < -0.3 is 9.67 Å². The van der Waals surface area contributed by atoms with Gasteiger partial charge in [0.15, 0.2) is 5.43 Å². The molecule has 0 aliphatic rings. The number of aliphatic hydroxyl groups excluding tert-OH is 1. The fourth-order valence-electron chi connectivity index (χ4n) is 1.67. The molecule has 1 aromatic carbocycles. The molecule has 17 heavy (non-hydrogen) atoms. The van der Waals surface area contributed by atoms with Crippen molar-refractivity contribution in [3.05, 3.63) is 62.5 Å². The highest BCUT2D eigenvalue weighted by Crippen LogP contribution is 2.15. The van der Waals surface area contributed by atoms with E-state index in [-0.39, 0.29) is 12.0 Å². The number of benzene rings is 1. The molecule has 0 spiro atoms. The minimum atomic E-state index is -0.240. The van der Waals surface area contributed by atoms with Crippen LogP contribution in [0.4, 0.5) is 0 Å². The third-order valence-corrected chi connectivity index (χ3v) is 3.13. The quantitative estimate of drug-likeness (QED) is 0.924. The fraction of sp³-hybridized carbons (Fsp3) is 0.154. The second kappa shape index (κ2) is 4.85. The minimum absolute atomic E-state index is 0.127. The summed E-state index contributed by atoms with van der Waals surface area (Å²) in [5.41, 5.74) is 2.08. The van der Waals surface area contributed by atoms with Crippen molar-refractivity contribution < 1.29 is 5.11 Å². The maximum atomic E-state index is 11.5. The molecule has 0 bridgehead atoms. The third kappa shape index (κ3) is 2.48. The summed E-state index contributed by atoms with van der Waals surface area (Å²) in [6, 6.07) is 9.30. The molecule has 2 rings (SSSR count). The zero-order valence-corrected chi connectivity index (χ0v) is 10.9. The fourth-order valence-corrected chi connectivity index (χ4v) is 1.94. The van der Waals surface area contributed by atoms with Crippen LogP contribution in [0.2, 0.25) is 0 Å². The second-order valence-corrected chi connectivity index (χ2v) is 4.72. The summed E-state index contributed by atoms with van der Waals surface area (Å²) in [5, 5.41) is 9.10. The Morgan fingerprint density at radius 2 is 1.94 bits per heavy atom. The lowest BCUT2D eigenvalue weighted by atomic mass is 10.2. The van der Waals surface area contributed by atoms with Crippen LogP contribution in [0.3, 0.4) is 0 Å². The van der Waals surface area contributed by atoms with E-state index >= 15 is 0 Å². The van der Waals surface area contributed by atoms with Gasteiger partial charge in [-0.3, -0.25) is 4.79 Å². The molecule has 88 valence electrons. The molecule has 1 heterocycles. The van der Waals surface area contributed by atoms with Gasteiger partial charge in [-0.15, -0.1) is 0 Å². The van der Waals surface area contributed by atoms with Crippen LogP contribution in [-0.2, 0) is 6.61 Å². The maximum absolute atomic E-state index is 11.5. The second-order valence-electron chi connectivity index (χ2n) is 3.81. The number of pyridine rings is 1. The Hall–Kier alpha value is -1.39. The van der Waals surface area contributed by atoms with Crippen molar-refractivity contribution in [3.63, 3.8) is 0 Å². The van der Waals surface area contributed by atoms with Crippen LogP contribution in [0.25, 0.3) is 5.69 Å². The third-order valence-electron chi connectivity index (χ3n) is 2.60. The summed E-state index contributed by atoms with van der Waals surface area (Å²) in [4.78, 5) is 11.5. The summed E-state index contributed by atoms with van der Waals surface area (Å²) >= 11 is 3.38. The Kier molecular flexibility index (Phi) is 3.45. The molecule has 1 aromatic heterocycles. The van der Waals surface area contributed by atoms with Crippen LogP contribution < -0.4 is 5.43 Å². The van der Waals surface area contributed by atoms with Crippen LogP contribution in [-0.4, -0.2) is 9.67 Å².